The Morgan fingerprint density at radius 2 is 0.844 bits per heavy atom. The highest BCUT2D eigenvalue weighted by Gasteiger charge is 2.28. The first-order valence-corrected chi connectivity index (χ1v) is 24.7. The molecule has 0 aliphatic heterocycles. The molecular formula is C62H76N2. The Balaban J connectivity index is 1.57. The van der Waals surface area contributed by atoms with Crippen molar-refractivity contribution in [1.82, 2.24) is 0 Å². The van der Waals surface area contributed by atoms with Crippen molar-refractivity contribution in [3.05, 3.63) is 167 Å². The molecule has 0 aliphatic rings. The van der Waals surface area contributed by atoms with Gasteiger partial charge in [-0.05, 0) is 143 Å². The minimum absolute atomic E-state index is 0.0520. The average Bonchev–Trinajstić information content (AvgIpc) is 3.27. The number of anilines is 6. The molecule has 0 bridgehead atoms. The van der Waals surface area contributed by atoms with E-state index in [1.54, 1.807) is 0 Å². The van der Waals surface area contributed by atoms with Crippen LogP contribution in [0.2, 0.25) is 0 Å². The lowest BCUT2D eigenvalue weighted by atomic mass is 9.82. The van der Waals surface area contributed by atoms with Gasteiger partial charge in [-0.3, -0.25) is 0 Å². The van der Waals surface area contributed by atoms with Crippen LogP contribution in [0, 0.1) is 6.92 Å². The summed E-state index contributed by atoms with van der Waals surface area (Å²) in [6.45, 7) is 25.4. The average molecular weight is 849 g/mol. The van der Waals surface area contributed by atoms with Crippen LogP contribution in [0.3, 0.4) is 0 Å². The van der Waals surface area contributed by atoms with Crippen molar-refractivity contribution in [2.75, 3.05) is 9.80 Å². The van der Waals surface area contributed by atoms with Crippen LogP contribution in [0.25, 0.3) is 21.5 Å². The first-order chi connectivity index (χ1) is 30.7. The molecule has 2 heteroatoms. The van der Waals surface area contributed by atoms with E-state index in [-0.39, 0.29) is 10.8 Å². The molecule has 0 unspecified atom stereocenters. The van der Waals surface area contributed by atoms with Crippen molar-refractivity contribution < 1.29 is 0 Å². The van der Waals surface area contributed by atoms with Gasteiger partial charge >= 0.3 is 0 Å². The number of rotatable bonds is 17. The van der Waals surface area contributed by atoms with E-state index in [9.17, 15) is 0 Å². The lowest BCUT2D eigenvalue weighted by molar-refractivity contribution is 0.590. The number of aryl methyl sites for hydroxylation is 3. The normalized spacial score (nSPS) is 12.1. The summed E-state index contributed by atoms with van der Waals surface area (Å²) in [6.07, 6.45) is 12.4. The van der Waals surface area contributed by atoms with Crippen LogP contribution in [0.15, 0.2) is 133 Å². The van der Waals surface area contributed by atoms with Crippen molar-refractivity contribution in [2.45, 2.75) is 157 Å². The van der Waals surface area contributed by atoms with Crippen molar-refractivity contribution in [3.8, 4) is 0 Å². The molecule has 0 saturated heterocycles. The quantitative estimate of drug-likeness (QED) is 0.0512. The Morgan fingerprint density at radius 1 is 0.422 bits per heavy atom. The number of unbranched alkanes of at least 4 members (excludes halogenated alkanes) is 6. The molecule has 334 valence electrons. The molecule has 7 rings (SSSR count). The molecule has 0 atom stereocenters. The van der Waals surface area contributed by atoms with Gasteiger partial charge in [0.2, 0.25) is 0 Å². The van der Waals surface area contributed by atoms with Crippen LogP contribution in [-0.2, 0) is 23.7 Å². The van der Waals surface area contributed by atoms with E-state index in [0.29, 0.717) is 5.92 Å². The maximum Gasteiger partial charge on any atom is 0.0620 e. The smallest absolute Gasteiger partial charge is 0.0620 e. The van der Waals surface area contributed by atoms with Crippen LogP contribution in [0.1, 0.15) is 160 Å². The summed E-state index contributed by atoms with van der Waals surface area (Å²) in [6, 6.07) is 52.1. The van der Waals surface area contributed by atoms with E-state index in [1.807, 2.05) is 0 Å². The predicted molar refractivity (Wildman–Crippen MR) is 283 cm³/mol. The second-order valence-corrected chi connectivity index (χ2v) is 20.9. The van der Waals surface area contributed by atoms with Crippen molar-refractivity contribution in [3.63, 3.8) is 0 Å². The third kappa shape index (κ3) is 10.6. The summed E-state index contributed by atoms with van der Waals surface area (Å²) < 4.78 is 0. The highest BCUT2D eigenvalue weighted by molar-refractivity contribution is 6.23. The Labute approximate surface area is 387 Å². The van der Waals surface area contributed by atoms with E-state index >= 15 is 0 Å². The van der Waals surface area contributed by atoms with Gasteiger partial charge < -0.3 is 9.80 Å². The number of fused-ring (bicyclic) bond motifs is 2. The summed E-state index contributed by atoms with van der Waals surface area (Å²) in [5, 5.41) is 4.98. The summed E-state index contributed by atoms with van der Waals surface area (Å²) in [5.74, 6) is 0.448. The van der Waals surface area contributed by atoms with E-state index in [1.165, 1.54) is 140 Å². The molecule has 0 fully saturated rings. The molecule has 2 nitrogen and oxygen atoms in total. The number of benzene rings is 7. The molecular weight excluding hydrogens is 773 g/mol. The second kappa shape index (κ2) is 20.2. The monoisotopic (exact) mass is 849 g/mol. The Hall–Kier alpha value is -5.34. The summed E-state index contributed by atoms with van der Waals surface area (Å²) in [7, 11) is 0. The minimum Gasteiger partial charge on any atom is -0.309 e. The highest BCUT2D eigenvalue weighted by Crippen LogP contribution is 2.52. The maximum absolute atomic E-state index is 2.56. The van der Waals surface area contributed by atoms with Gasteiger partial charge in [0, 0.05) is 44.3 Å². The highest BCUT2D eigenvalue weighted by atomic mass is 15.2. The topological polar surface area (TPSA) is 6.48 Å². The van der Waals surface area contributed by atoms with Gasteiger partial charge in [-0.1, -0.05) is 181 Å². The standard InChI is InChI=1S/C62H76N2/c1-12-14-16-18-22-46-25-33-51(34-26-46)63(53-37-29-48(30-38-53)44(3)4)59-55-39-31-50(62(9,10)11)43-58(55)60(56-40-32-49(42-57(56)59)61(6,7)8)64(54-24-20-21-45(5)41-54)52-35-27-47(28-36-52)23-19-17-15-13-2/h20-21,24-44H,12-19,22-23H2,1-11H3. The minimum atomic E-state index is -0.0526. The molecule has 0 amide bonds. The summed E-state index contributed by atoms with van der Waals surface area (Å²) in [4.78, 5) is 5.12. The van der Waals surface area contributed by atoms with Gasteiger partial charge in [0.15, 0.2) is 0 Å². The summed E-state index contributed by atoms with van der Waals surface area (Å²) >= 11 is 0. The zero-order chi connectivity index (χ0) is 45.6. The van der Waals surface area contributed by atoms with Crippen LogP contribution < -0.4 is 9.80 Å². The van der Waals surface area contributed by atoms with E-state index < -0.39 is 0 Å². The van der Waals surface area contributed by atoms with Gasteiger partial charge in [-0.15, -0.1) is 0 Å². The zero-order valence-corrected chi connectivity index (χ0v) is 41.2. The molecule has 0 radical (unpaired) electrons. The van der Waals surface area contributed by atoms with Gasteiger partial charge in [0.25, 0.3) is 0 Å². The first-order valence-electron chi connectivity index (χ1n) is 24.7. The van der Waals surface area contributed by atoms with Crippen LogP contribution in [0.4, 0.5) is 34.1 Å². The molecule has 0 N–H and O–H groups in total. The number of hydrogen-bond donors (Lipinski definition) is 0. The fourth-order valence-electron chi connectivity index (χ4n) is 9.32. The molecule has 7 aromatic rings. The van der Waals surface area contributed by atoms with Crippen molar-refractivity contribution in [1.29, 1.82) is 0 Å². The third-order valence-corrected chi connectivity index (χ3v) is 13.3. The van der Waals surface area contributed by atoms with Gasteiger partial charge in [-0.2, -0.15) is 0 Å². The van der Waals surface area contributed by atoms with Gasteiger partial charge in [0.1, 0.15) is 0 Å². The molecule has 0 saturated carbocycles. The predicted octanol–water partition coefficient (Wildman–Crippen LogP) is 19.2. The SMILES string of the molecule is CCCCCCc1ccc(N(c2ccc(C(C)C)cc2)c2c3ccc(C(C)(C)C)cc3c(N(c3ccc(CCCCCC)cc3)c3cccc(C)c3)c3ccc(C(C)(C)C)cc23)cc1. The lowest BCUT2D eigenvalue weighted by Gasteiger charge is -2.34. The molecule has 0 spiro atoms. The van der Waals surface area contributed by atoms with Crippen LogP contribution in [-0.4, -0.2) is 0 Å². The second-order valence-electron chi connectivity index (χ2n) is 20.9. The molecule has 0 aromatic heterocycles. The van der Waals surface area contributed by atoms with Gasteiger partial charge in [-0.25, -0.2) is 0 Å². The fraction of sp³-hybridized carbons (Fsp3) is 0.387. The largest absolute Gasteiger partial charge is 0.309 e. The molecule has 64 heavy (non-hydrogen) atoms. The van der Waals surface area contributed by atoms with Crippen LogP contribution in [0.5, 0.6) is 0 Å². The Kier molecular flexibility index (Phi) is 14.7. The lowest BCUT2D eigenvalue weighted by Crippen LogP contribution is -2.17. The first kappa shape index (κ1) is 46.6. The van der Waals surface area contributed by atoms with E-state index in [2.05, 4.69) is 219 Å². The number of hydrogen-bond acceptors (Lipinski definition) is 2. The van der Waals surface area contributed by atoms with Crippen LogP contribution >= 0.6 is 0 Å². The Morgan fingerprint density at radius 3 is 1.23 bits per heavy atom. The zero-order valence-electron chi connectivity index (χ0n) is 41.2. The van der Waals surface area contributed by atoms with E-state index in [4.69, 9.17) is 0 Å². The van der Waals surface area contributed by atoms with Gasteiger partial charge in [0.05, 0.1) is 11.4 Å². The Bertz CT molecular complexity index is 2610. The van der Waals surface area contributed by atoms with Crippen molar-refractivity contribution in [2.24, 2.45) is 0 Å². The molecule has 7 aromatic carbocycles. The molecule has 0 heterocycles. The number of nitrogens with zero attached hydrogens (tertiary/aromatic N) is 2. The molecule has 0 aliphatic carbocycles. The van der Waals surface area contributed by atoms with Crippen molar-refractivity contribution >= 4 is 55.7 Å². The summed E-state index contributed by atoms with van der Waals surface area (Å²) in [5.41, 5.74) is 15.1. The fourth-order valence-corrected chi connectivity index (χ4v) is 9.32. The van der Waals surface area contributed by atoms with E-state index in [0.717, 1.165) is 12.8 Å². The maximum atomic E-state index is 2.56. The third-order valence-electron chi connectivity index (χ3n) is 13.3.